The van der Waals surface area contributed by atoms with Gasteiger partial charge in [0.2, 0.25) is 5.91 Å². The molecule has 31 heavy (non-hydrogen) atoms. The molecule has 3 aromatic heterocycles. The first-order chi connectivity index (χ1) is 15.1. The number of rotatable bonds is 4. The number of hydrogen-bond donors (Lipinski definition) is 0. The van der Waals surface area contributed by atoms with E-state index in [1.54, 1.807) is 4.68 Å². The largest absolute Gasteiger partial charge is 0.368 e. The van der Waals surface area contributed by atoms with Gasteiger partial charge in [0.05, 0.1) is 5.39 Å². The van der Waals surface area contributed by atoms with Crippen LogP contribution in [-0.2, 0) is 11.3 Å². The lowest BCUT2D eigenvalue weighted by molar-refractivity contribution is -0.132. The van der Waals surface area contributed by atoms with E-state index in [1.165, 1.54) is 5.69 Å². The number of aryl methyl sites for hydroxylation is 2. The Labute approximate surface area is 181 Å². The molecule has 0 atom stereocenters. The standard InChI is InChI=1S/C24H26N6O/c1-18-16-19(2)25-23-22(18)24(29-10-6-7-11-29)26-30(23)17-21(31)28-14-12-27(13-15-28)20-8-4-3-5-9-20/h3-11,16H,12-15,17H2,1-2H3. The molecule has 0 radical (unpaired) electrons. The highest BCUT2D eigenvalue weighted by atomic mass is 16.2. The first-order valence-corrected chi connectivity index (χ1v) is 10.7. The quantitative estimate of drug-likeness (QED) is 0.515. The van der Waals surface area contributed by atoms with Crippen LogP contribution in [0.25, 0.3) is 16.9 Å². The van der Waals surface area contributed by atoms with Crippen molar-refractivity contribution in [2.45, 2.75) is 20.4 Å². The highest BCUT2D eigenvalue weighted by Gasteiger charge is 2.24. The highest BCUT2D eigenvalue weighted by Crippen LogP contribution is 2.25. The maximum atomic E-state index is 13.1. The van der Waals surface area contributed by atoms with Gasteiger partial charge in [-0.05, 0) is 49.7 Å². The monoisotopic (exact) mass is 414 g/mol. The Kier molecular flexibility index (Phi) is 4.94. The number of nitrogens with zero attached hydrogens (tertiary/aromatic N) is 6. The molecule has 0 aliphatic carbocycles. The van der Waals surface area contributed by atoms with Crippen LogP contribution < -0.4 is 4.90 Å². The van der Waals surface area contributed by atoms with Gasteiger partial charge in [-0.2, -0.15) is 5.10 Å². The number of fused-ring (bicyclic) bond motifs is 1. The van der Waals surface area contributed by atoms with Crippen LogP contribution in [0.1, 0.15) is 11.3 Å². The molecular weight excluding hydrogens is 388 g/mol. The van der Waals surface area contributed by atoms with E-state index in [-0.39, 0.29) is 12.5 Å². The van der Waals surface area contributed by atoms with Gasteiger partial charge in [-0.1, -0.05) is 18.2 Å². The van der Waals surface area contributed by atoms with Crippen LogP contribution in [0.3, 0.4) is 0 Å². The fourth-order valence-electron chi connectivity index (χ4n) is 4.34. The molecule has 0 saturated carbocycles. The summed E-state index contributed by atoms with van der Waals surface area (Å²) >= 11 is 0. The second-order valence-electron chi connectivity index (χ2n) is 8.05. The zero-order valence-corrected chi connectivity index (χ0v) is 17.9. The SMILES string of the molecule is Cc1cc(C)c2c(-n3cccc3)nn(CC(=O)N3CCN(c4ccccc4)CC3)c2n1. The van der Waals surface area contributed by atoms with Crippen molar-refractivity contribution in [1.82, 2.24) is 24.2 Å². The summed E-state index contributed by atoms with van der Waals surface area (Å²) in [6.07, 6.45) is 3.94. The van der Waals surface area contributed by atoms with E-state index in [9.17, 15) is 4.79 Å². The summed E-state index contributed by atoms with van der Waals surface area (Å²) in [5.74, 6) is 0.892. The fourth-order valence-corrected chi connectivity index (χ4v) is 4.34. The highest BCUT2D eigenvalue weighted by molar-refractivity contribution is 5.88. The summed E-state index contributed by atoms with van der Waals surface area (Å²) in [7, 11) is 0. The number of aromatic nitrogens is 4. The maximum Gasteiger partial charge on any atom is 0.244 e. The third kappa shape index (κ3) is 3.67. The third-order valence-corrected chi connectivity index (χ3v) is 5.90. The van der Waals surface area contributed by atoms with Crippen molar-refractivity contribution in [3.05, 3.63) is 72.2 Å². The van der Waals surface area contributed by atoms with Gasteiger partial charge in [0.1, 0.15) is 6.54 Å². The lowest BCUT2D eigenvalue weighted by Crippen LogP contribution is -2.49. The van der Waals surface area contributed by atoms with Gasteiger partial charge >= 0.3 is 0 Å². The number of anilines is 1. The molecule has 7 nitrogen and oxygen atoms in total. The maximum absolute atomic E-state index is 13.1. The Hall–Kier alpha value is -3.61. The summed E-state index contributed by atoms with van der Waals surface area (Å²) in [5.41, 5.74) is 4.01. The average Bonchev–Trinajstić information content (AvgIpc) is 3.43. The van der Waals surface area contributed by atoms with Gasteiger partial charge in [-0.15, -0.1) is 0 Å². The molecule has 0 N–H and O–H groups in total. The van der Waals surface area contributed by atoms with Crippen molar-refractivity contribution in [1.29, 1.82) is 0 Å². The zero-order valence-electron chi connectivity index (χ0n) is 17.9. The predicted octanol–water partition coefficient (Wildman–Crippen LogP) is 3.19. The van der Waals surface area contributed by atoms with Gasteiger partial charge in [-0.25, -0.2) is 9.67 Å². The average molecular weight is 415 g/mol. The van der Waals surface area contributed by atoms with Gasteiger partial charge in [-0.3, -0.25) is 4.79 Å². The molecule has 0 bridgehead atoms. The molecule has 1 aromatic carbocycles. The minimum Gasteiger partial charge on any atom is -0.368 e. The van der Waals surface area contributed by atoms with E-state index in [0.717, 1.165) is 41.2 Å². The molecule has 158 valence electrons. The Morgan fingerprint density at radius 3 is 2.39 bits per heavy atom. The molecule has 1 aliphatic heterocycles. The third-order valence-electron chi connectivity index (χ3n) is 5.90. The van der Waals surface area contributed by atoms with Crippen LogP contribution in [0.5, 0.6) is 0 Å². The molecule has 1 saturated heterocycles. The van der Waals surface area contributed by atoms with Gasteiger partial charge < -0.3 is 14.4 Å². The van der Waals surface area contributed by atoms with Crippen molar-refractivity contribution in [3.63, 3.8) is 0 Å². The number of hydrogen-bond acceptors (Lipinski definition) is 4. The van der Waals surface area contributed by atoms with Crippen LogP contribution in [-0.4, -0.2) is 56.3 Å². The van der Waals surface area contributed by atoms with Gasteiger partial charge in [0.15, 0.2) is 11.5 Å². The van der Waals surface area contributed by atoms with Crippen molar-refractivity contribution in [2.75, 3.05) is 31.1 Å². The second kappa shape index (κ2) is 7.91. The molecule has 0 unspecified atom stereocenters. The van der Waals surface area contributed by atoms with Crippen LogP contribution >= 0.6 is 0 Å². The van der Waals surface area contributed by atoms with Crippen LogP contribution in [0, 0.1) is 13.8 Å². The Balaban J connectivity index is 1.38. The van der Waals surface area contributed by atoms with Crippen molar-refractivity contribution < 1.29 is 4.79 Å². The molecule has 1 aliphatic rings. The Bertz CT molecular complexity index is 1200. The molecule has 4 aromatic rings. The lowest BCUT2D eigenvalue weighted by atomic mass is 10.2. The summed E-state index contributed by atoms with van der Waals surface area (Å²) < 4.78 is 3.74. The molecule has 1 amide bonds. The summed E-state index contributed by atoms with van der Waals surface area (Å²) in [6.45, 7) is 7.33. The Morgan fingerprint density at radius 2 is 1.68 bits per heavy atom. The van der Waals surface area contributed by atoms with E-state index in [2.05, 4.69) is 42.2 Å². The second-order valence-corrected chi connectivity index (χ2v) is 8.05. The van der Waals surface area contributed by atoms with Crippen molar-refractivity contribution >= 4 is 22.6 Å². The van der Waals surface area contributed by atoms with E-state index >= 15 is 0 Å². The minimum absolute atomic E-state index is 0.0807. The molecular formula is C24H26N6O. The number of para-hydroxylation sites is 1. The molecule has 4 heterocycles. The predicted molar refractivity (Wildman–Crippen MR) is 122 cm³/mol. The number of piperazine rings is 1. The summed E-state index contributed by atoms with van der Waals surface area (Å²) in [4.78, 5) is 22.1. The fraction of sp³-hybridized carbons (Fsp3) is 0.292. The lowest BCUT2D eigenvalue weighted by Gasteiger charge is -2.36. The van der Waals surface area contributed by atoms with Gasteiger partial charge in [0, 0.05) is 50.0 Å². The summed E-state index contributed by atoms with van der Waals surface area (Å²) in [5, 5.41) is 5.78. The van der Waals surface area contributed by atoms with E-state index in [1.807, 2.05) is 47.0 Å². The number of carbonyl (C=O) groups is 1. The topological polar surface area (TPSA) is 59.2 Å². The molecule has 5 rings (SSSR count). The van der Waals surface area contributed by atoms with Crippen LogP contribution in [0.4, 0.5) is 5.69 Å². The number of amides is 1. The van der Waals surface area contributed by atoms with Crippen LogP contribution in [0.2, 0.25) is 0 Å². The molecule has 1 fully saturated rings. The van der Waals surface area contributed by atoms with Gasteiger partial charge in [0.25, 0.3) is 0 Å². The normalized spacial score (nSPS) is 14.4. The smallest absolute Gasteiger partial charge is 0.244 e. The van der Waals surface area contributed by atoms with E-state index in [0.29, 0.717) is 13.1 Å². The van der Waals surface area contributed by atoms with Crippen molar-refractivity contribution in [2.24, 2.45) is 0 Å². The first kappa shape index (κ1) is 19.4. The molecule has 7 heteroatoms. The summed E-state index contributed by atoms with van der Waals surface area (Å²) in [6, 6.07) is 16.4. The van der Waals surface area contributed by atoms with Crippen molar-refractivity contribution in [3.8, 4) is 5.82 Å². The number of benzene rings is 1. The molecule has 0 spiro atoms. The zero-order chi connectivity index (χ0) is 21.4. The van der Waals surface area contributed by atoms with E-state index in [4.69, 9.17) is 10.1 Å². The van der Waals surface area contributed by atoms with Crippen LogP contribution in [0.15, 0.2) is 60.9 Å². The van der Waals surface area contributed by atoms with E-state index < -0.39 is 0 Å². The minimum atomic E-state index is 0.0807. The number of carbonyl (C=O) groups excluding carboxylic acids is 1. The first-order valence-electron chi connectivity index (χ1n) is 10.7. The number of pyridine rings is 1. The Morgan fingerprint density at radius 1 is 0.968 bits per heavy atom.